The Morgan fingerprint density at radius 2 is 1.09 bits per heavy atom. The van der Waals surface area contributed by atoms with Crippen molar-refractivity contribution in [1.82, 2.24) is 4.57 Å². The molecule has 53 heavy (non-hydrogen) atoms. The molecular formula is C48H31NO4. The molecule has 0 bridgehead atoms. The number of rotatable bonds is 3. The smallest absolute Gasteiger partial charge is 0.344 e. The first-order valence-corrected chi connectivity index (χ1v) is 18.2. The van der Waals surface area contributed by atoms with Gasteiger partial charge in [-0.3, -0.25) is 0 Å². The fourth-order valence-corrected chi connectivity index (χ4v) is 9.00. The molecule has 1 atom stereocenters. The predicted octanol–water partition coefficient (Wildman–Crippen LogP) is 11.2. The number of para-hydroxylation sites is 1. The van der Waals surface area contributed by atoms with Gasteiger partial charge in [-0.2, -0.15) is 0 Å². The third kappa shape index (κ3) is 4.44. The quantitative estimate of drug-likeness (QED) is 0.137. The molecule has 0 N–H and O–H groups in total. The minimum atomic E-state index is -0.338. The first kappa shape index (κ1) is 30.0. The Kier molecular flexibility index (Phi) is 6.44. The van der Waals surface area contributed by atoms with Crippen LogP contribution in [0.5, 0.6) is 0 Å². The number of benzene rings is 7. The monoisotopic (exact) mass is 685 g/mol. The molecule has 1 aliphatic rings. The number of nitrogens with zero attached hydrogens (tertiary/aromatic N) is 1. The molecule has 5 nitrogen and oxygen atoms in total. The highest BCUT2D eigenvalue weighted by Gasteiger charge is 2.27. The van der Waals surface area contributed by atoms with E-state index in [2.05, 4.69) is 89.5 Å². The molecule has 0 aliphatic heterocycles. The Morgan fingerprint density at radius 1 is 0.509 bits per heavy atom. The first-order valence-electron chi connectivity index (χ1n) is 18.2. The number of hydrogen-bond donors (Lipinski definition) is 0. The van der Waals surface area contributed by atoms with Crippen molar-refractivity contribution in [2.75, 3.05) is 0 Å². The zero-order valence-corrected chi connectivity index (χ0v) is 28.6. The lowest BCUT2D eigenvalue weighted by atomic mass is 9.84. The summed E-state index contributed by atoms with van der Waals surface area (Å²) < 4.78 is 14.6. The molecule has 0 amide bonds. The second-order valence-corrected chi connectivity index (χ2v) is 14.2. The van der Waals surface area contributed by atoms with Gasteiger partial charge in [0.05, 0.1) is 21.8 Å². The Hall–Kier alpha value is -6.72. The number of fused-ring (bicyclic) bond motifs is 14. The molecule has 10 aromatic rings. The lowest BCUT2D eigenvalue weighted by Crippen LogP contribution is -2.08. The Balaban J connectivity index is 1.07. The van der Waals surface area contributed by atoms with Gasteiger partial charge in [0.2, 0.25) is 0 Å². The molecule has 3 heterocycles. The van der Waals surface area contributed by atoms with Crippen LogP contribution in [0.1, 0.15) is 29.0 Å². The van der Waals surface area contributed by atoms with Crippen molar-refractivity contribution in [3.05, 3.63) is 183 Å². The van der Waals surface area contributed by atoms with Crippen molar-refractivity contribution in [3.63, 3.8) is 0 Å². The van der Waals surface area contributed by atoms with Crippen LogP contribution in [0.2, 0.25) is 0 Å². The minimum Gasteiger partial charge on any atom is -0.422 e. The van der Waals surface area contributed by atoms with Gasteiger partial charge in [-0.1, -0.05) is 103 Å². The predicted molar refractivity (Wildman–Crippen MR) is 215 cm³/mol. The molecule has 0 spiro atoms. The summed E-state index contributed by atoms with van der Waals surface area (Å²) in [5.74, 6) is 0.121. The second kappa shape index (κ2) is 11.4. The Morgan fingerprint density at radius 3 is 1.85 bits per heavy atom. The number of aromatic nitrogens is 1. The fraction of sp³-hybridized carbons (Fsp3) is 0.0833. The van der Waals surface area contributed by atoms with Crippen LogP contribution in [0, 0.1) is 0 Å². The molecule has 7 aromatic carbocycles. The van der Waals surface area contributed by atoms with Crippen LogP contribution in [0.25, 0.3) is 82.1 Å². The van der Waals surface area contributed by atoms with Crippen molar-refractivity contribution < 1.29 is 8.83 Å². The van der Waals surface area contributed by atoms with Gasteiger partial charge in [0.1, 0.15) is 5.58 Å². The summed E-state index contributed by atoms with van der Waals surface area (Å²) in [6.07, 6.45) is 2.64. The Bertz CT molecular complexity index is 3260. The van der Waals surface area contributed by atoms with E-state index in [-0.39, 0.29) is 17.2 Å². The third-order valence-corrected chi connectivity index (χ3v) is 11.4. The van der Waals surface area contributed by atoms with Gasteiger partial charge in [-0.05, 0) is 101 Å². The van der Waals surface area contributed by atoms with Crippen molar-refractivity contribution in [3.8, 4) is 16.8 Å². The fourth-order valence-electron chi connectivity index (χ4n) is 9.00. The lowest BCUT2D eigenvalue weighted by Gasteiger charge is -2.20. The number of aryl methyl sites for hydroxylation is 1. The molecular weight excluding hydrogens is 655 g/mol. The van der Waals surface area contributed by atoms with E-state index in [1.165, 1.54) is 16.7 Å². The SMILES string of the molecule is O=c1oc2c3c(ccc2c2ccccc12)-c1ccccc1CCC3Cc1ccc(-n2c3ccccc3c3ccc4c5ccccc5c(=O)oc4c32)cc1. The average Bonchev–Trinajstić information content (AvgIpc) is 3.46. The van der Waals surface area contributed by atoms with Crippen LogP contribution in [-0.4, -0.2) is 4.57 Å². The summed E-state index contributed by atoms with van der Waals surface area (Å²) in [4.78, 5) is 26.7. The van der Waals surface area contributed by atoms with Crippen LogP contribution >= 0.6 is 0 Å². The van der Waals surface area contributed by atoms with Crippen LogP contribution in [-0.2, 0) is 12.8 Å². The van der Waals surface area contributed by atoms with E-state index >= 15 is 0 Å². The first-order chi connectivity index (χ1) is 26.1. The largest absolute Gasteiger partial charge is 0.422 e. The second-order valence-electron chi connectivity index (χ2n) is 14.2. The maximum atomic E-state index is 13.4. The van der Waals surface area contributed by atoms with Gasteiger partial charge in [0.25, 0.3) is 0 Å². The highest BCUT2D eigenvalue weighted by Crippen LogP contribution is 2.44. The van der Waals surface area contributed by atoms with Crippen molar-refractivity contribution in [2.45, 2.75) is 25.2 Å². The summed E-state index contributed by atoms with van der Waals surface area (Å²) in [6, 6.07) is 49.6. The minimum absolute atomic E-state index is 0.121. The van der Waals surface area contributed by atoms with Crippen molar-refractivity contribution >= 4 is 65.3 Å². The van der Waals surface area contributed by atoms with Gasteiger partial charge in [-0.15, -0.1) is 0 Å². The standard InChI is InChI=1S/C48H31NO4/c50-47-40-14-5-3-11-33(40)38-25-23-36-32-10-2-1-9-29(32)19-20-30(43(36)45(38)52-47)27-28-17-21-31(22-18-28)49-42-16-8-7-13-35(42)37-24-26-39-34-12-4-6-15-41(34)48(51)53-46(39)44(37)49/h1-18,21-26,30H,19-20,27H2. The molecule has 0 saturated heterocycles. The molecule has 1 aliphatic carbocycles. The van der Waals surface area contributed by atoms with Crippen LogP contribution in [0.3, 0.4) is 0 Å². The summed E-state index contributed by atoms with van der Waals surface area (Å²) in [5.41, 5.74) is 9.50. The van der Waals surface area contributed by atoms with Crippen LogP contribution in [0.4, 0.5) is 0 Å². The van der Waals surface area contributed by atoms with Crippen LogP contribution < -0.4 is 11.3 Å². The maximum Gasteiger partial charge on any atom is 0.344 e. The van der Waals surface area contributed by atoms with E-state index in [9.17, 15) is 9.59 Å². The maximum absolute atomic E-state index is 13.4. The van der Waals surface area contributed by atoms with E-state index in [0.717, 1.165) is 79.4 Å². The highest BCUT2D eigenvalue weighted by atomic mass is 16.4. The van der Waals surface area contributed by atoms with E-state index in [0.29, 0.717) is 21.9 Å². The van der Waals surface area contributed by atoms with E-state index in [1.54, 1.807) is 0 Å². The van der Waals surface area contributed by atoms with E-state index in [1.807, 2.05) is 60.7 Å². The molecule has 11 rings (SSSR count). The molecule has 0 radical (unpaired) electrons. The third-order valence-electron chi connectivity index (χ3n) is 11.4. The number of hydrogen-bond acceptors (Lipinski definition) is 4. The molecule has 0 saturated carbocycles. The normalized spacial score (nSPS) is 14.3. The van der Waals surface area contributed by atoms with Crippen LogP contribution in [0.15, 0.2) is 164 Å². The Labute approximate surface area is 302 Å². The van der Waals surface area contributed by atoms with Gasteiger partial charge < -0.3 is 13.4 Å². The van der Waals surface area contributed by atoms with Crippen molar-refractivity contribution in [2.24, 2.45) is 0 Å². The van der Waals surface area contributed by atoms with Gasteiger partial charge >= 0.3 is 11.3 Å². The summed E-state index contributed by atoms with van der Waals surface area (Å²) in [5, 5.41) is 7.00. The van der Waals surface area contributed by atoms with E-state index < -0.39 is 0 Å². The molecule has 0 fully saturated rings. The van der Waals surface area contributed by atoms with Crippen molar-refractivity contribution in [1.29, 1.82) is 0 Å². The zero-order chi connectivity index (χ0) is 35.2. The zero-order valence-electron chi connectivity index (χ0n) is 28.6. The van der Waals surface area contributed by atoms with Gasteiger partial charge in [-0.25, -0.2) is 9.59 Å². The molecule has 3 aromatic heterocycles. The van der Waals surface area contributed by atoms with E-state index in [4.69, 9.17) is 8.83 Å². The highest BCUT2D eigenvalue weighted by molar-refractivity contribution is 6.20. The average molecular weight is 686 g/mol. The summed E-state index contributed by atoms with van der Waals surface area (Å²) in [7, 11) is 0. The summed E-state index contributed by atoms with van der Waals surface area (Å²) >= 11 is 0. The molecule has 1 unspecified atom stereocenters. The topological polar surface area (TPSA) is 65.3 Å². The summed E-state index contributed by atoms with van der Waals surface area (Å²) in [6.45, 7) is 0. The molecule has 5 heteroatoms. The molecule has 252 valence electrons. The lowest BCUT2D eigenvalue weighted by molar-refractivity contribution is 0.551. The van der Waals surface area contributed by atoms with Gasteiger partial charge in [0, 0.05) is 32.8 Å². The van der Waals surface area contributed by atoms with Gasteiger partial charge in [0.15, 0.2) is 5.58 Å².